The summed E-state index contributed by atoms with van der Waals surface area (Å²) in [5.41, 5.74) is 5.28. The van der Waals surface area contributed by atoms with Gasteiger partial charge in [-0.1, -0.05) is 55.3 Å². The molecule has 2 aromatic carbocycles. The molecule has 0 fully saturated rings. The highest BCUT2D eigenvalue weighted by molar-refractivity contribution is 6.30. The average Bonchev–Trinajstić information content (AvgIpc) is 3.31. The Labute approximate surface area is 224 Å². The van der Waals surface area contributed by atoms with Crippen LogP contribution in [0.3, 0.4) is 0 Å². The predicted molar refractivity (Wildman–Crippen MR) is 152 cm³/mol. The van der Waals surface area contributed by atoms with Crippen LogP contribution in [0.25, 0.3) is 22.3 Å². The molecular formula is C30H36ClN5O. The van der Waals surface area contributed by atoms with Gasteiger partial charge in [0.2, 0.25) is 0 Å². The summed E-state index contributed by atoms with van der Waals surface area (Å²) >= 11 is 6.17. The molecule has 0 saturated heterocycles. The number of unbranched alkanes of at least 4 members (excludes halogenated alkanes) is 1. The molecule has 4 aromatic rings. The highest BCUT2D eigenvalue weighted by atomic mass is 35.5. The quantitative estimate of drug-likeness (QED) is 0.231. The molecule has 194 valence electrons. The van der Waals surface area contributed by atoms with Crippen molar-refractivity contribution >= 4 is 28.5 Å². The first-order chi connectivity index (χ1) is 17.8. The van der Waals surface area contributed by atoms with E-state index in [1.165, 1.54) is 18.4 Å². The third-order valence-corrected chi connectivity index (χ3v) is 6.75. The number of carbonyl (C=O) groups is 1. The Hall–Kier alpha value is -3.22. The van der Waals surface area contributed by atoms with Crippen molar-refractivity contribution in [3.63, 3.8) is 0 Å². The molecule has 0 aliphatic rings. The molecule has 0 spiro atoms. The van der Waals surface area contributed by atoms with Gasteiger partial charge in [-0.2, -0.15) is 5.10 Å². The van der Waals surface area contributed by atoms with Crippen LogP contribution >= 0.6 is 11.6 Å². The van der Waals surface area contributed by atoms with E-state index in [0.29, 0.717) is 17.1 Å². The first kappa shape index (κ1) is 26.8. The highest BCUT2D eigenvalue weighted by Crippen LogP contribution is 2.28. The van der Waals surface area contributed by atoms with Crippen molar-refractivity contribution < 1.29 is 4.79 Å². The second-order valence-corrected chi connectivity index (χ2v) is 10.5. The Kier molecular flexibility index (Phi) is 8.62. The molecule has 7 heteroatoms. The van der Waals surface area contributed by atoms with E-state index in [2.05, 4.69) is 62.1 Å². The van der Waals surface area contributed by atoms with Crippen molar-refractivity contribution in [2.24, 2.45) is 0 Å². The summed E-state index contributed by atoms with van der Waals surface area (Å²) in [7, 11) is 3.97. The Morgan fingerprint density at radius 2 is 1.76 bits per heavy atom. The maximum absolute atomic E-state index is 13.7. The second kappa shape index (κ2) is 11.9. The number of fused-ring (bicyclic) bond motifs is 1. The minimum atomic E-state index is -0.0765. The van der Waals surface area contributed by atoms with Crippen LogP contribution in [0.4, 0.5) is 0 Å². The number of amides is 1. The molecule has 4 rings (SSSR count). The number of hydrogen-bond donors (Lipinski definition) is 0. The molecule has 2 heterocycles. The van der Waals surface area contributed by atoms with Gasteiger partial charge in [-0.05, 0) is 69.3 Å². The minimum Gasteiger partial charge on any atom is -0.337 e. The van der Waals surface area contributed by atoms with E-state index in [9.17, 15) is 4.79 Å². The molecule has 2 aromatic heterocycles. The van der Waals surface area contributed by atoms with Crippen molar-refractivity contribution in [2.75, 3.05) is 20.6 Å². The monoisotopic (exact) mass is 517 g/mol. The molecule has 0 aliphatic heterocycles. The van der Waals surface area contributed by atoms with Crippen molar-refractivity contribution in [2.45, 2.75) is 52.7 Å². The molecule has 1 amide bonds. The number of benzene rings is 2. The van der Waals surface area contributed by atoms with Gasteiger partial charge in [0.25, 0.3) is 5.91 Å². The fourth-order valence-corrected chi connectivity index (χ4v) is 4.77. The number of rotatable bonds is 10. The number of hydrogen-bond acceptors (Lipinski definition) is 4. The number of aromatic nitrogens is 3. The summed E-state index contributed by atoms with van der Waals surface area (Å²) in [6.07, 6.45) is 4.12. The molecule has 0 unspecified atom stereocenters. The van der Waals surface area contributed by atoms with E-state index < -0.39 is 0 Å². The number of pyridine rings is 1. The zero-order valence-electron chi connectivity index (χ0n) is 22.4. The topological polar surface area (TPSA) is 54.3 Å². The molecule has 0 saturated carbocycles. The largest absolute Gasteiger partial charge is 0.337 e. The van der Waals surface area contributed by atoms with Crippen LogP contribution in [0, 0.1) is 0 Å². The van der Waals surface area contributed by atoms with E-state index in [0.717, 1.165) is 40.9 Å². The fourth-order valence-electron chi connectivity index (χ4n) is 4.56. The molecule has 37 heavy (non-hydrogen) atoms. The SMILES string of the molecule is CCCCN(C)Cc1cccc(-c2cc(C(=O)N(C)Cc3cccc(Cl)c3)c3cnn(C(C)C)c3n2)c1. The van der Waals surface area contributed by atoms with Gasteiger partial charge in [0, 0.05) is 36.8 Å². The third-order valence-electron chi connectivity index (χ3n) is 6.51. The van der Waals surface area contributed by atoms with Crippen molar-refractivity contribution in [3.05, 3.63) is 82.5 Å². The van der Waals surface area contributed by atoms with E-state index in [-0.39, 0.29) is 11.9 Å². The lowest BCUT2D eigenvalue weighted by atomic mass is 10.0. The normalized spacial score (nSPS) is 11.6. The summed E-state index contributed by atoms with van der Waals surface area (Å²) in [5, 5.41) is 5.99. The first-order valence-corrected chi connectivity index (χ1v) is 13.3. The van der Waals surface area contributed by atoms with Crippen LogP contribution in [-0.2, 0) is 13.1 Å². The zero-order valence-corrected chi connectivity index (χ0v) is 23.2. The summed E-state index contributed by atoms with van der Waals surface area (Å²) in [5.74, 6) is -0.0765. The summed E-state index contributed by atoms with van der Waals surface area (Å²) < 4.78 is 1.88. The second-order valence-electron chi connectivity index (χ2n) is 10.1. The van der Waals surface area contributed by atoms with E-state index >= 15 is 0 Å². The van der Waals surface area contributed by atoms with Crippen LogP contribution in [0.5, 0.6) is 0 Å². The first-order valence-electron chi connectivity index (χ1n) is 12.9. The lowest BCUT2D eigenvalue weighted by Crippen LogP contribution is -2.26. The molecule has 0 bridgehead atoms. The lowest BCUT2D eigenvalue weighted by Gasteiger charge is -2.19. The molecule has 0 aliphatic carbocycles. The molecule has 0 N–H and O–H groups in total. The maximum Gasteiger partial charge on any atom is 0.254 e. The number of carbonyl (C=O) groups excluding carboxylic acids is 1. The summed E-state index contributed by atoms with van der Waals surface area (Å²) in [6.45, 7) is 8.74. The lowest BCUT2D eigenvalue weighted by molar-refractivity contribution is 0.0787. The maximum atomic E-state index is 13.7. The van der Waals surface area contributed by atoms with Gasteiger partial charge < -0.3 is 9.80 Å². The Bertz CT molecular complexity index is 1380. The Balaban J connectivity index is 1.72. The predicted octanol–water partition coefficient (Wildman–Crippen LogP) is 6.84. The van der Waals surface area contributed by atoms with Gasteiger partial charge >= 0.3 is 0 Å². The summed E-state index contributed by atoms with van der Waals surface area (Å²) in [4.78, 5) is 22.8. The fraction of sp³-hybridized carbons (Fsp3) is 0.367. The summed E-state index contributed by atoms with van der Waals surface area (Å²) in [6, 6.07) is 18.1. The Morgan fingerprint density at radius 1 is 1.03 bits per heavy atom. The molecule has 0 atom stereocenters. The van der Waals surface area contributed by atoms with Crippen LogP contribution in [-0.4, -0.2) is 51.1 Å². The van der Waals surface area contributed by atoms with Gasteiger partial charge in [-0.3, -0.25) is 4.79 Å². The van der Waals surface area contributed by atoms with Gasteiger partial charge in [0.1, 0.15) is 0 Å². The van der Waals surface area contributed by atoms with E-state index in [4.69, 9.17) is 16.6 Å². The van der Waals surface area contributed by atoms with Crippen molar-refractivity contribution in [1.29, 1.82) is 0 Å². The molecular weight excluding hydrogens is 482 g/mol. The van der Waals surface area contributed by atoms with Crippen LogP contribution in [0.2, 0.25) is 5.02 Å². The highest BCUT2D eigenvalue weighted by Gasteiger charge is 2.21. The molecule has 0 radical (unpaired) electrons. The van der Waals surface area contributed by atoms with Gasteiger partial charge in [0.05, 0.1) is 22.8 Å². The van der Waals surface area contributed by atoms with Gasteiger partial charge in [0.15, 0.2) is 5.65 Å². The van der Waals surface area contributed by atoms with Crippen molar-refractivity contribution in [3.8, 4) is 11.3 Å². The van der Waals surface area contributed by atoms with E-state index in [1.54, 1.807) is 11.1 Å². The van der Waals surface area contributed by atoms with Crippen LogP contribution in [0.15, 0.2) is 60.8 Å². The number of nitrogens with zero attached hydrogens (tertiary/aromatic N) is 5. The van der Waals surface area contributed by atoms with Crippen LogP contribution < -0.4 is 0 Å². The zero-order chi connectivity index (χ0) is 26.5. The van der Waals surface area contributed by atoms with Crippen molar-refractivity contribution in [1.82, 2.24) is 24.6 Å². The van der Waals surface area contributed by atoms with E-state index in [1.807, 2.05) is 42.1 Å². The van der Waals surface area contributed by atoms with Crippen LogP contribution in [0.1, 0.15) is 61.1 Å². The third kappa shape index (κ3) is 6.38. The van der Waals surface area contributed by atoms with Gasteiger partial charge in [-0.15, -0.1) is 0 Å². The minimum absolute atomic E-state index is 0.0765. The molecule has 6 nitrogen and oxygen atoms in total. The van der Waals surface area contributed by atoms with Gasteiger partial charge in [-0.25, -0.2) is 9.67 Å². The smallest absolute Gasteiger partial charge is 0.254 e. The average molecular weight is 518 g/mol. The Morgan fingerprint density at radius 3 is 2.46 bits per heavy atom. The standard InChI is InChI=1S/C30H36ClN5O/c1-6-7-14-34(4)19-22-10-8-12-24(15-22)28-17-26(27-18-32-36(21(2)3)29(27)33-28)30(37)35(5)20-23-11-9-13-25(31)16-23/h8-13,15-18,21H,6-7,14,19-20H2,1-5H3. The number of halogens is 1.